The maximum atomic E-state index is 11.7. The average Bonchev–Trinajstić information content (AvgIpc) is 2.93. The first kappa shape index (κ1) is 18.0. The molecule has 0 spiro atoms. The van der Waals surface area contributed by atoms with Gasteiger partial charge in [0.2, 0.25) is 5.91 Å². The quantitative estimate of drug-likeness (QED) is 0.816. The number of nitrogens with one attached hydrogen (secondary N) is 2. The van der Waals surface area contributed by atoms with E-state index in [1.165, 1.54) is 0 Å². The molecule has 1 aliphatic rings. The van der Waals surface area contributed by atoms with Gasteiger partial charge in [-0.15, -0.1) is 24.8 Å². The number of imidazole rings is 1. The number of hydrogen-bond acceptors (Lipinski definition) is 3. The SMILES string of the molecule is Cc1ncn(CCNC(=O)C2C=CCN2)c1C.Cl.Cl. The summed E-state index contributed by atoms with van der Waals surface area (Å²) in [5.74, 6) is 0.0354. The lowest BCUT2D eigenvalue weighted by Crippen LogP contribution is -2.41. The van der Waals surface area contributed by atoms with Crippen LogP contribution < -0.4 is 10.6 Å². The Hall–Kier alpha value is -1.04. The van der Waals surface area contributed by atoms with Crippen LogP contribution in [0.1, 0.15) is 11.4 Å². The Morgan fingerprint density at radius 1 is 1.53 bits per heavy atom. The first-order valence-corrected chi connectivity index (χ1v) is 5.84. The number of aryl methyl sites for hydroxylation is 1. The van der Waals surface area contributed by atoms with E-state index in [-0.39, 0.29) is 36.8 Å². The van der Waals surface area contributed by atoms with Gasteiger partial charge in [-0.3, -0.25) is 10.1 Å². The maximum absolute atomic E-state index is 11.7. The summed E-state index contributed by atoms with van der Waals surface area (Å²) in [6.07, 6.45) is 5.67. The number of rotatable bonds is 4. The zero-order chi connectivity index (χ0) is 12.3. The summed E-state index contributed by atoms with van der Waals surface area (Å²) in [5.41, 5.74) is 2.19. The highest BCUT2D eigenvalue weighted by Crippen LogP contribution is 2.03. The molecular weight excluding hydrogens is 287 g/mol. The van der Waals surface area contributed by atoms with Crippen LogP contribution in [0.4, 0.5) is 0 Å². The molecular formula is C12H20Cl2N4O. The fourth-order valence-corrected chi connectivity index (χ4v) is 1.83. The van der Waals surface area contributed by atoms with Gasteiger partial charge in [0, 0.05) is 25.3 Å². The second-order valence-corrected chi connectivity index (χ2v) is 4.21. The molecule has 108 valence electrons. The van der Waals surface area contributed by atoms with Crippen molar-refractivity contribution < 1.29 is 4.79 Å². The Kier molecular flexibility index (Phi) is 7.75. The highest BCUT2D eigenvalue weighted by molar-refractivity contribution is 5.85. The minimum atomic E-state index is -0.166. The highest BCUT2D eigenvalue weighted by atomic mass is 35.5. The van der Waals surface area contributed by atoms with E-state index in [0.29, 0.717) is 6.54 Å². The molecule has 2 N–H and O–H groups in total. The summed E-state index contributed by atoms with van der Waals surface area (Å²) in [5, 5.41) is 5.99. The number of aromatic nitrogens is 2. The summed E-state index contributed by atoms with van der Waals surface area (Å²) in [6, 6.07) is -0.166. The minimum Gasteiger partial charge on any atom is -0.353 e. The van der Waals surface area contributed by atoms with Crippen LogP contribution in [0.2, 0.25) is 0 Å². The molecule has 0 saturated heterocycles. The Balaban J connectivity index is 0.00000162. The van der Waals surface area contributed by atoms with Crippen LogP contribution in [0.25, 0.3) is 0 Å². The molecule has 0 saturated carbocycles. The highest BCUT2D eigenvalue weighted by Gasteiger charge is 2.16. The van der Waals surface area contributed by atoms with E-state index in [1.54, 1.807) is 0 Å². The molecule has 5 nitrogen and oxygen atoms in total. The number of halogens is 2. The third-order valence-electron chi connectivity index (χ3n) is 3.06. The third-order valence-corrected chi connectivity index (χ3v) is 3.06. The Morgan fingerprint density at radius 3 is 2.79 bits per heavy atom. The average molecular weight is 307 g/mol. The molecule has 0 aliphatic carbocycles. The van der Waals surface area contributed by atoms with Crippen LogP contribution in [0.5, 0.6) is 0 Å². The normalized spacial score (nSPS) is 16.6. The first-order chi connectivity index (χ1) is 8.18. The van der Waals surface area contributed by atoms with Gasteiger partial charge in [0.25, 0.3) is 0 Å². The van der Waals surface area contributed by atoms with Gasteiger partial charge in [0.05, 0.1) is 12.0 Å². The predicted octanol–water partition coefficient (Wildman–Crippen LogP) is 0.988. The van der Waals surface area contributed by atoms with Crippen LogP contribution in [-0.4, -0.2) is 34.6 Å². The zero-order valence-corrected chi connectivity index (χ0v) is 12.7. The molecule has 2 rings (SSSR count). The van der Waals surface area contributed by atoms with Crippen molar-refractivity contribution >= 4 is 30.7 Å². The van der Waals surface area contributed by atoms with Crippen molar-refractivity contribution in [2.45, 2.75) is 26.4 Å². The van der Waals surface area contributed by atoms with E-state index < -0.39 is 0 Å². The van der Waals surface area contributed by atoms with E-state index in [1.807, 2.05) is 36.9 Å². The number of carbonyl (C=O) groups is 1. The number of hydrogen-bond donors (Lipinski definition) is 2. The lowest BCUT2D eigenvalue weighted by Gasteiger charge is -2.11. The summed E-state index contributed by atoms with van der Waals surface area (Å²) in [6.45, 7) is 6.18. The summed E-state index contributed by atoms with van der Waals surface area (Å²) in [4.78, 5) is 15.9. The van der Waals surface area contributed by atoms with E-state index >= 15 is 0 Å². The second-order valence-electron chi connectivity index (χ2n) is 4.21. The van der Waals surface area contributed by atoms with Crippen LogP contribution in [0, 0.1) is 13.8 Å². The third kappa shape index (κ3) is 4.53. The van der Waals surface area contributed by atoms with E-state index in [4.69, 9.17) is 0 Å². The Bertz CT molecular complexity index is 445. The molecule has 1 aromatic heterocycles. The van der Waals surface area contributed by atoms with Crippen molar-refractivity contribution in [3.05, 3.63) is 29.9 Å². The molecule has 2 heterocycles. The molecule has 0 aromatic carbocycles. The van der Waals surface area contributed by atoms with Crippen LogP contribution in [0.15, 0.2) is 18.5 Å². The largest absolute Gasteiger partial charge is 0.353 e. The Labute approximate surface area is 125 Å². The fraction of sp³-hybridized carbons (Fsp3) is 0.500. The van der Waals surface area contributed by atoms with Crippen LogP contribution in [-0.2, 0) is 11.3 Å². The fourth-order valence-electron chi connectivity index (χ4n) is 1.83. The van der Waals surface area contributed by atoms with Gasteiger partial charge in [0.1, 0.15) is 6.04 Å². The molecule has 0 radical (unpaired) electrons. The minimum absolute atomic E-state index is 0. The molecule has 0 bridgehead atoms. The van der Waals surface area contributed by atoms with Crippen LogP contribution in [0.3, 0.4) is 0 Å². The first-order valence-electron chi connectivity index (χ1n) is 5.84. The summed E-state index contributed by atoms with van der Waals surface area (Å²) < 4.78 is 2.05. The summed E-state index contributed by atoms with van der Waals surface area (Å²) >= 11 is 0. The second kappa shape index (κ2) is 8.19. The van der Waals surface area contributed by atoms with Crippen molar-refractivity contribution in [1.29, 1.82) is 0 Å². The number of carbonyl (C=O) groups excluding carboxylic acids is 1. The monoisotopic (exact) mass is 306 g/mol. The maximum Gasteiger partial charge on any atom is 0.241 e. The Morgan fingerprint density at radius 2 is 2.26 bits per heavy atom. The van der Waals surface area contributed by atoms with E-state index in [0.717, 1.165) is 24.5 Å². The topological polar surface area (TPSA) is 59.0 Å². The number of amides is 1. The van der Waals surface area contributed by atoms with Gasteiger partial charge >= 0.3 is 0 Å². The standard InChI is InChI=1S/C12H18N4O.2ClH/c1-9-10(2)16(8-15-9)7-6-14-12(17)11-4-3-5-13-11;;/h3-4,8,11,13H,5-7H2,1-2H3,(H,14,17);2*1H. The number of nitrogens with zero attached hydrogens (tertiary/aromatic N) is 2. The van der Waals surface area contributed by atoms with E-state index in [2.05, 4.69) is 15.6 Å². The molecule has 7 heteroatoms. The molecule has 1 unspecified atom stereocenters. The molecule has 19 heavy (non-hydrogen) atoms. The van der Waals surface area contributed by atoms with Gasteiger partial charge < -0.3 is 9.88 Å². The molecule has 0 fully saturated rings. The molecule has 1 atom stereocenters. The van der Waals surface area contributed by atoms with Crippen molar-refractivity contribution in [1.82, 2.24) is 20.2 Å². The van der Waals surface area contributed by atoms with Gasteiger partial charge in [-0.1, -0.05) is 12.2 Å². The van der Waals surface area contributed by atoms with Crippen molar-refractivity contribution in [3.8, 4) is 0 Å². The van der Waals surface area contributed by atoms with Gasteiger partial charge in [-0.05, 0) is 13.8 Å². The summed E-state index contributed by atoms with van der Waals surface area (Å²) in [7, 11) is 0. The van der Waals surface area contributed by atoms with Crippen molar-refractivity contribution in [3.63, 3.8) is 0 Å². The lowest BCUT2D eigenvalue weighted by molar-refractivity contribution is -0.121. The molecule has 1 aliphatic heterocycles. The van der Waals surface area contributed by atoms with Gasteiger partial charge in [-0.2, -0.15) is 0 Å². The van der Waals surface area contributed by atoms with Crippen molar-refractivity contribution in [2.24, 2.45) is 0 Å². The van der Waals surface area contributed by atoms with Gasteiger partial charge in [-0.25, -0.2) is 4.98 Å². The molecule has 1 aromatic rings. The molecule has 1 amide bonds. The van der Waals surface area contributed by atoms with Gasteiger partial charge in [0.15, 0.2) is 0 Å². The van der Waals surface area contributed by atoms with Crippen molar-refractivity contribution in [2.75, 3.05) is 13.1 Å². The zero-order valence-electron chi connectivity index (χ0n) is 11.0. The van der Waals surface area contributed by atoms with E-state index in [9.17, 15) is 4.79 Å². The predicted molar refractivity (Wildman–Crippen MR) is 80.1 cm³/mol. The van der Waals surface area contributed by atoms with Crippen LogP contribution >= 0.6 is 24.8 Å². The smallest absolute Gasteiger partial charge is 0.241 e. The lowest BCUT2D eigenvalue weighted by atomic mass is 10.3.